The molecular formula is C12H8ClN3O2. The average Bonchev–Trinajstić information content (AvgIpc) is 2.36. The number of hydrogen-bond donors (Lipinski definition) is 0. The highest BCUT2D eigenvalue weighted by molar-refractivity contribution is 6.29. The maximum absolute atomic E-state index is 11.8. The molecule has 2 rings (SSSR count). The fourth-order valence-corrected chi connectivity index (χ4v) is 1.58. The Hall–Kier alpha value is -2.32. The van der Waals surface area contributed by atoms with Crippen LogP contribution in [0.4, 0.5) is 0 Å². The smallest absolute Gasteiger partial charge is 0.313 e. The number of benzene rings is 1. The first kappa shape index (κ1) is 12.1. The monoisotopic (exact) mass is 261 g/mol. The van der Waals surface area contributed by atoms with Gasteiger partial charge < -0.3 is 9.30 Å². The van der Waals surface area contributed by atoms with E-state index in [1.54, 1.807) is 31.3 Å². The van der Waals surface area contributed by atoms with Crippen molar-refractivity contribution in [3.05, 3.63) is 51.5 Å². The zero-order valence-corrected chi connectivity index (χ0v) is 10.2. The van der Waals surface area contributed by atoms with Gasteiger partial charge in [-0.1, -0.05) is 23.7 Å². The third kappa shape index (κ3) is 2.34. The molecule has 0 fully saturated rings. The topological polar surface area (TPSA) is 67.9 Å². The molecule has 1 aromatic carbocycles. The molecule has 0 aliphatic carbocycles. The zero-order chi connectivity index (χ0) is 13.1. The lowest BCUT2D eigenvalue weighted by molar-refractivity contribution is 0.447. The SMILES string of the molecule is Cn1cc(Cl)nc(Oc2ccccc2C#N)c1=O. The minimum atomic E-state index is -0.424. The third-order valence-electron chi connectivity index (χ3n) is 2.23. The van der Waals surface area contributed by atoms with Crippen molar-refractivity contribution in [2.24, 2.45) is 7.05 Å². The maximum atomic E-state index is 11.8. The Morgan fingerprint density at radius 1 is 1.44 bits per heavy atom. The summed E-state index contributed by atoms with van der Waals surface area (Å²) in [6.07, 6.45) is 1.38. The predicted molar refractivity (Wildman–Crippen MR) is 65.7 cm³/mol. The maximum Gasteiger partial charge on any atom is 0.313 e. The molecule has 0 saturated heterocycles. The number of hydrogen-bond acceptors (Lipinski definition) is 4. The summed E-state index contributed by atoms with van der Waals surface area (Å²) in [5.41, 5.74) is -0.103. The van der Waals surface area contributed by atoms with Gasteiger partial charge in [-0.15, -0.1) is 0 Å². The van der Waals surface area contributed by atoms with E-state index in [1.165, 1.54) is 10.8 Å². The van der Waals surface area contributed by atoms with Crippen LogP contribution in [0, 0.1) is 11.3 Å². The first-order valence-electron chi connectivity index (χ1n) is 5.02. The average molecular weight is 262 g/mol. The van der Waals surface area contributed by atoms with Gasteiger partial charge in [0.25, 0.3) is 5.88 Å². The van der Waals surface area contributed by atoms with Gasteiger partial charge in [0.15, 0.2) is 0 Å². The number of ether oxygens (including phenoxy) is 1. The molecule has 90 valence electrons. The van der Waals surface area contributed by atoms with E-state index in [-0.39, 0.29) is 16.8 Å². The Balaban J connectivity index is 2.47. The van der Waals surface area contributed by atoms with E-state index >= 15 is 0 Å². The second kappa shape index (κ2) is 4.90. The molecule has 5 nitrogen and oxygen atoms in total. The normalized spacial score (nSPS) is 9.83. The van der Waals surface area contributed by atoms with Crippen LogP contribution in [-0.2, 0) is 7.05 Å². The molecule has 2 aromatic rings. The molecule has 0 atom stereocenters. The van der Waals surface area contributed by atoms with Crippen LogP contribution in [0.15, 0.2) is 35.3 Å². The van der Waals surface area contributed by atoms with Crippen LogP contribution in [0.1, 0.15) is 5.56 Å². The highest BCUT2D eigenvalue weighted by Gasteiger charge is 2.10. The van der Waals surface area contributed by atoms with E-state index in [0.717, 1.165) is 0 Å². The van der Waals surface area contributed by atoms with Crippen LogP contribution in [0.5, 0.6) is 11.6 Å². The van der Waals surface area contributed by atoms with Crippen molar-refractivity contribution < 1.29 is 4.74 Å². The number of aryl methyl sites for hydroxylation is 1. The van der Waals surface area contributed by atoms with Gasteiger partial charge >= 0.3 is 5.56 Å². The van der Waals surface area contributed by atoms with Gasteiger partial charge in [0.2, 0.25) is 0 Å². The second-order valence-electron chi connectivity index (χ2n) is 3.49. The second-order valence-corrected chi connectivity index (χ2v) is 3.88. The Labute approximate surface area is 108 Å². The summed E-state index contributed by atoms with van der Waals surface area (Å²) in [5, 5.41) is 9.06. The van der Waals surface area contributed by atoms with E-state index in [9.17, 15) is 4.79 Å². The highest BCUT2D eigenvalue weighted by Crippen LogP contribution is 2.21. The fourth-order valence-electron chi connectivity index (χ4n) is 1.36. The van der Waals surface area contributed by atoms with Gasteiger partial charge in [-0.2, -0.15) is 10.2 Å². The third-order valence-corrected chi connectivity index (χ3v) is 2.41. The van der Waals surface area contributed by atoms with Gasteiger partial charge in [-0.25, -0.2) is 0 Å². The Kier molecular flexibility index (Phi) is 3.31. The van der Waals surface area contributed by atoms with Crippen LogP contribution in [0.2, 0.25) is 5.15 Å². The van der Waals surface area contributed by atoms with E-state index < -0.39 is 5.56 Å². The summed E-state index contributed by atoms with van der Waals surface area (Å²) in [5.74, 6) is 0.111. The van der Waals surface area contributed by atoms with E-state index in [1.807, 2.05) is 6.07 Å². The first-order valence-corrected chi connectivity index (χ1v) is 5.40. The van der Waals surface area contributed by atoms with E-state index in [0.29, 0.717) is 5.56 Å². The summed E-state index contributed by atoms with van der Waals surface area (Å²) in [7, 11) is 1.54. The number of para-hydroxylation sites is 1. The molecule has 1 aromatic heterocycles. The molecule has 0 spiro atoms. The van der Waals surface area contributed by atoms with Gasteiger partial charge in [0, 0.05) is 13.2 Å². The summed E-state index contributed by atoms with van der Waals surface area (Å²) in [6, 6.07) is 8.54. The van der Waals surface area contributed by atoms with Crippen molar-refractivity contribution >= 4 is 11.6 Å². The van der Waals surface area contributed by atoms with Crippen molar-refractivity contribution in [3.63, 3.8) is 0 Å². The largest absolute Gasteiger partial charge is 0.433 e. The summed E-state index contributed by atoms with van der Waals surface area (Å²) < 4.78 is 6.60. The predicted octanol–water partition coefficient (Wildman–Crippen LogP) is 2.10. The molecule has 0 unspecified atom stereocenters. The summed E-state index contributed by atoms with van der Waals surface area (Å²) in [6.45, 7) is 0. The molecule has 1 heterocycles. The molecule has 0 N–H and O–H groups in total. The number of nitriles is 1. The summed E-state index contributed by atoms with van der Waals surface area (Å²) in [4.78, 5) is 15.6. The van der Waals surface area contributed by atoms with E-state index in [4.69, 9.17) is 21.6 Å². The highest BCUT2D eigenvalue weighted by atomic mass is 35.5. The van der Waals surface area contributed by atoms with Gasteiger partial charge in [0.1, 0.15) is 17.0 Å². The van der Waals surface area contributed by atoms with Crippen molar-refractivity contribution in [1.29, 1.82) is 5.26 Å². The minimum absolute atomic E-state index is 0.140. The Bertz CT molecular complexity index is 688. The zero-order valence-electron chi connectivity index (χ0n) is 9.42. The number of nitrogens with zero attached hydrogens (tertiary/aromatic N) is 3. The van der Waals surface area contributed by atoms with Gasteiger partial charge in [-0.05, 0) is 12.1 Å². The minimum Gasteiger partial charge on any atom is -0.433 e. The molecule has 0 bridgehead atoms. The van der Waals surface area contributed by atoms with Crippen LogP contribution in [-0.4, -0.2) is 9.55 Å². The van der Waals surface area contributed by atoms with Crippen molar-refractivity contribution in [2.75, 3.05) is 0 Å². The first-order chi connectivity index (χ1) is 8.61. The van der Waals surface area contributed by atoms with Crippen LogP contribution < -0.4 is 10.3 Å². The molecule has 6 heteroatoms. The lowest BCUT2D eigenvalue weighted by Crippen LogP contribution is -2.19. The van der Waals surface area contributed by atoms with Crippen LogP contribution in [0.3, 0.4) is 0 Å². The quantitative estimate of drug-likeness (QED) is 0.830. The fraction of sp³-hybridized carbons (Fsp3) is 0.0833. The number of aromatic nitrogens is 2. The molecular weight excluding hydrogens is 254 g/mol. The molecule has 0 aliphatic heterocycles. The van der Waals surface area contributed by atoms with Gasteiger partial charge in [0.05, 0.1) is 5.56 Å². The molecule has 18 heavy (non-hydrogen) atoms. The van der Waals surface area contributed by atoms with Crippen LogP contribution in [0.25, 0.3) is 0 Å². The Morgan fingerprint density at radius 2 is 2.17 bits per heavy atom. The standard InChI is InChI=1S/C12H8ClN3O2/c1-16-7-10(13)15-11(12(16)17)18-9-5-3-2-4-8(9)6-14/h2-5,7H,1H3. The molecule has 0 aliphatic rings. The number of rotatable bonds is 2. The van der Waals surface area contributed by atoms with Crippen molar-refractivity contribution in [1.82, 2.24) is 9.55 Å². The lowest BCUT2D eigenvalue weighted by atomic mass is 10.2. The Morgan fingerprint density at radius 3 is 2.89 bits per heavy atom. The van der Waals surface area contributed by atoms with Gasteiger partial charge in [-0.3, -0.25) is 4.79 Å². The summed E-state index contributed by atoms with van der Waals surface area (Å²) >= 11 is 5.75. The van der Waals surface area contributed by atoms with Crippen LogP contribution >= 0.6 is 11.6 Å². The lowest BCUT2D eigenvalue weighted by Gasteiger charge is -2.07. The molecule has 0 saturated carbocycles. The van der Waals surface area contributed by atoms with Crippen molar-refractivity contribution in [3.8, 4) is 17.7 Å². The molecule has 0 radical (unpaired) electrons. The molecule has 0 amide bonds. The number of halogens is 1. The van der Waals surface area contributed by atoms with Crippen molar-refractivity contribution in [2.45, 2.75) is 0 Å². The van der Waals surface area contributed by atoms with E-state index in [2.05, 4.69) is 4.98 Å².